The maximum atomic E-state index is 12.5. The minimum Gasteiger partial charge on any atom is -0.481 e. The van der Waals surface area contributed by atoms with Crippen LogP contribution in [-0.2, 0) is 14.3 Å². The molecular formula is C29H46O4. The zero-order chi connectivity index (χ0) is 25.2. The molecule has 186 valence electrons. The summed E-state index contributed by atoms with van der Waals surface area (Å²) in [6.45, 7) is 14.8. The van der Waals surface area contributed by atoms with E-state index in [0.29, 0.717) is 6.42 Å². The molecule has 0 saturated carbocycles. The van der Waals surface area contributed by atoms with E-state index in [1.165, 1.54) is 22.3 Å². The van der Waals surface area contributed by atoms with Gasteiger partial charge in [-0.05, 0) is 99.5 Å². The van der Waals surface area contributed by atoms with E-state index in [1.54, 1.807) is 0 Å². The van der Waals surface area contributed by atoms with Crippen molar-refractivity contribution in [3.63, 3.8) is 0 Å². The number of carbonyl (C=O) groups is 2. The fourth-order valence-electron chi connectivity index (χ4n) is 3.23. The van der Waals surface area contributed by atoms with Gasteiger partial charge >= 0.3 is 11.9 Å². The van der Waals surface area contributed by atoms with Crippen molar-refractivity contribution in [3.05, 3.63) is 58.2 Å². The Morgan fingerprint density at radius 2 is 1.15 bits per heavy atom. The second-order valence-corrected chi connectivity index (χ2v) is 9.49. The standard InChI is InChI=1S/C29H46O4/c1-22(2)11-8-13-24(5)15-10-16-26(7)19-20-33-29(32)27(21-28(30)31)18-17-25(6)14-9-12-23(3)4/h11-12,15,17,19,27H,8-10,13-14,16,18,20-21H2,1-7H3,(H,30,31)/b24-15?,25-17+,26-19?. The van der Waals surface area contributed by atoms with Crippen LogP contribution in [0.5, 0.6) is 0 Å². The van der Waals surface area contributed by atoms with Gasteiger partial charge in [0.05, 0.1) is 12.3 Å². The highest BCUT2D eigenvalue weighted by Gasteiger charge is 2.22. The van der Waals surface area contributed by atoms with E-state index in [9.17, 15) is 14.7 Å². The average molecular weight is 459 g/mol. The van der Waals surface area contributed by atoms with E-state index in [4.69, 9.17) is 4.74 Å². The van der Waals surface area contributed by atoms with Gasteiger partial charge in [0.2, 0.25) is 0 Å². The summed E-state index contributed by atoms with van der Waals surface area (Å²) in [7, 11) is 0. The van der Waals surface area contributed by atoms with Crippen LogP contribution in [-0.4, -0.2) is 23.7 Å². The number of ether oxygens (including phenoxy) is 1. The molecule has 0 aliphatic heterocycles. The SMILES string of the molecule is CC(C)=CCCC(C)=CCCC(C)=CCOC(=O)C(C/C=C(\C)CCC=C(C)C)CC(=O)O. The zero-order valence-corrected chi connectivity index (χ0v) is 22.0. The van der Waals surface area contributed by atoms with Crippen molar-refractivity contribution in [1.82, 2.24) is 0 Å². The first kappa shape index (κ1) is 30.6. The molecule has 0 amide bonds. The first-order chi connectivity index (χ1) is 15.5. The third-order valence-electron chi connectivity index (χ3n) is 5.38. The fourth-order valence-corrected chi connectivity index (χ4v) is 3.23. The molecule has 0 radical (unpaired) electrons. The van der Waals surface area contributed by atoms with Crippen molar-refractivity contribution in [1.29, 1.82) is 0 Å². The molecule has 0 aliphatic carbocycles. The number of rotatable bonds is 16. The normalized spacial score (nSPS) is 13.4. The van der Waals surface area contributed by atoms with Gasteiger partial charge in [-0.25, -0.2) is 0 Å². The maximum Gasteiger partial charge on any atom is 0.310 e. The van der Waals surface area contributed by atoms with E-state index in [-0.39, 0.29) is 13.0 Å². The topological polar surface area (TPSA) is 63.6 Å². The lowest BCUT2D eigenvalue weighted by Gasteiger charge is -2.12. The number of allylic oxidation sites excluding steroid dienone is 9. The van der Waals surface area contributed by atoms with Crippen molar-refractivity contribution in [2.75, 3.05) is 6.61 Å². The molecule has 0 spiro atoms. The van der Waals surface area contributed by atoms with Crippen LogP contribution in [0.15, 0.2) is 58.2 Å². The Morgan fingerprint density at radius 3 is 1.64 bits per heavy atom. The second kappa shape index (κ2) is 18.1. The van der Waals surface area contributed by atoms with Gasteiger partial charge in [-0.2, -0.15) is 0 Å². The maximum absolute atomic E-state index is 12.5. The number of carbonyl (C=O) groups excluding carboxylic acids is 1. The van der Waals surface area contributed by atoms with Gasteiger partial charge < -0.3 is 9.84 Å². The Kier molecular flexibility index (Phi) is 16.8. The van der Waals surface area contributed by atoms with Crippen LogP contribution < -0.4 is 0 Å². The Morgan fingerprint density at radius 1 is 0.697 bits per heavy atom. The predicted molar refractivity (Wildman–Crippen MR) is 139 cm³/mol. The molecule has 0 heterocycles. The lowest BCUT2D eigenvalue weighted by Crippen LogP contribution is -2.21. The molecule has 1 unspecified atom stereocenters. The summed E-state index contributed by atoms with van der Waals surface area (Å²) in [5.74, 6) is -2.07. The number of aliphatic carboxylic acids is 1. The monoisotopic (exact) mass is 458 g/mol. The van der Waals surface area contributed by atoms with Crippen molar-refractivity contribution < 1.29 is 19.4 Å². The highest BCUT2D eigenvalue weighted by molar-refractivity contribution is 5.79. The van der Waals surface area contributed by atoms with Crippen molar-refractivity contribution in [2.45, 2.75) is 99.8 Å². The number of carboxylic acid groups (broad SMARTS) is 1. The van der Waals surface area contributed by atoms with Crippen LogP contribution in [0, 0.1) is 5.92 Å². The van der Waals surface area contributed by atoms with E-state index in [0.717, 1.165) is 44.1 Å². The number of esters is 1. The molecule has 0 aromatic heterocycles. The summed E-state index contributed by atoms with van der Waals surface area (Å²) in [5.41, 5.74) is 6.36. The molecule has 0 saturated heterocycles. The quantitative estimate of drug-likeness (QED) is 0.187. The fraction of sp³-hybridized carbons (Fsp3) is 0.586. The third kappa shape index (κ3) is 18.9. The Labute approximate surface area is 202 Å². The molecule has 0 aromatic carbocycles. The van der Waals surface area contributed by atoms with Gasteiger partial charge in [0.1, 0.15) is 6.61 Å². The van der Waals surface area contributed by atoms with Crippen LogP contribution in [0.2, 0.25) is 0 Å². The van der Waals surface area contributed by atoms with Gasteiger partial charge in [-0.15, -0.1) is 0 Å². The molecule has 4 nitrogen and oxygen atoms in total. The molecule has 0 bridgehead atoms. The van der Waals surface area contributed by atoms with Crippen molar-refractivity contribution in [2.24, 2.45) is 5.92 Å². The largest absolute Gasteiger partial charge is 0.481 e. The lowest BCUT2D eigenvalue weighted by molar-refractivity contribution is -0.152. The van der Waals surface area contributed by atoms with Gasteiger partial charge in [-0.3, -0.25) is 9.59 Å². The molecule has 33 heavy (non-hydrogen) atoms. The minimum atomic E-state index is -0.981. The van der Waals surface area contributed by atoms with Gasteiger partial charge in [-0.1, -0.05) is 52.2 Å². The highest BCUT2D eigenvalue weighted by Crippen LogP contribution is 2.17. The van der Waals surface area contributed by atoms with Crippen LogP contribution in [0.3, 0.4) is 0 Å². The molecule has 1 N–H and O–H groups in total. The highest BCUT2D eigenvalue weighted by atomic mass is 16.5. The first-order valence-electron chi connectivity index (χ1n) is 12.1. The Bertz CT molecular complexity index is 754. The number of carboxylic acids is 1. The summed E-state index contributed by atoms with van der Waals surface area (Å²) in [5, 5.41) is 9.18. The van der Waals surface area contributed by atoms with Gasteiger partial charge in [0.15, 0.2) is 0 Å². The first-order valence-corrected chi connectivity index (χ1v) is 12.1. The second-order valence-electron chi connectivity index (χ2n) is 9.49. The summed E-state index contributed by atoms with van der Waals surface area (Å²) in [6.07, 6.45) is 16.7. The van der Waals surface area contributed by atoms with Gasteiger partial charge in [0, 0.05) is 0 Å². The molecule has 1 atom stereocenters. The number of hydrogen-bond acceptors (Lipinski definition) is 3. The van der Waals surface area contributed by atoms with Crippen LogP contribution in [0.1, 0.15) is 99.8 Å². The third-order valence-corrected chi connectivity index (χ3v) is 5.38. The zero-order valence-electron chi connectivity index (χ0n) is 22.0. The van der Waals surface area contributed by atoms with E-state index in [1.807, 2.05) is 26.0 Å². The summed E-state index contributed by atoms with van der Waals surface area (Å²) in [4.78, 5) is 23.7. The van der Waals surface area contributed by atoms with Crippen LogP contribution >= 0.6 is 0 Å². The molecule has 0 aromatic rings. The Hall–Kier alpha value is -2.36. The summed E-state index contributed by atoms with van der Waals surface area (Å²) < 4.78 is 5.38. The minimum absolute atomic E-state index is 0.188. The summed E-state index contributed by atoms with van der Waals surface area (Å²) in [6, 6.07) is 0. The van der Waals surface area contributed by atoms with Crippen molar-refractivity contribution >= 4 is 11.9 Å². The van der Waals surface area contributed by atoms with Crippen molar-refractivity contribution in [3.8, 4) is 0 Å². The summed E-state index contributed by atoms with van der Waals surface area (Å²) >= 11 is 0. The Balaban J connectivity index is 4.58. The smallest absolute Gasteiger partial charge is 0.310 e. The van der Waals surface area contributed by atoms with E-state index < -0.39 is 17.9 Å². The van der Waals surface area contributed by atoms with Crippen LogP contribution in [0.25, 0.3) is 0 Å². The van der Waals surface area contributed by atoms with Gasteiger partial charge in [0.25, 0.3) is 0 Å². The van der Waals surface area contributed by atoms with Crippen LogP contribution in [0.4, 0.5) is 0 Å². The molecule has 4 heteroatoms. The predicted octanol–water partition coefficient (Wildman–Crippen LogP) is 8.12. The average Bonchev–Trinajstić information content (AvgIpc) is 2.70. The molecular weight excluding hydrogens is 412 g/mol. The van der Waals surface area contributed by atoms with E-state index in [2.05, 4.69) is 52.8 Å². The molecule has 0 rings (SSSR count). The number of hydrogen-bond donors (Lipinski definition) is 1. The molecule has 0 aliphatic rings. The lowest BCUT2D eigenvalue weighted by atomic mass is 9.99. The van der Waals surface area contributed by atoms with E-state index >= 15 is 0 Å². The molecule has 0 fully saturated rings.